The van der Waals surface area contributed by atoms with Crippen molar-refractivity contribution in [3.05, 3.63) is 53.6 Å². The molecule has 23 heavy (non-hydrogen) atoms. The molecule has 2 N–H and O–H groups in total. The summed E-state index contributed by atoms with van der Waals surface area (Å²) in [7, 11) is 0. The van der Waals surface area contributed by atoms with Gasteiger partial charge in [-0.3, -0.25) is 4.79 Å². The molecule has 0 bridgehead atoms. The molecule has 0 fully saturated rings. The number of carbonyl (C=O) groups is 1. The van der Waals surface area contributed by atoms with Gasteiger partial charge in [-0.2, -0.15) is 0 Å². The highest BCUT2D eigenvalue weighted by molar-refractivity contribution is 6.02. The van der Waals surface area contributed by atoms with E-state index in [0.717, 1.165) is 12.2 Å². The molecular weight excluding hydrogens is 288 g/mol. The fourth-order valence-corrected chi connectivity index (χ4v) is 2.65. The van der Waals surface area contributed by atoms with Crippen LogP contribution in [0.25, 0.3) is 0 Å². The topological polar surface area (TPSA) is 55.6 Å². The molecule has 0 radical (unpaired) electrons. The first kappa shape index (κ1) is 16.9. The lowest BCUT2D eigenvalue weighted by atomic mass is 10.1. The minimum atomic E-state index is -0.0393. The Balaban J connectivity index is 2.47. The number of nitrogens with two attached hydrogens (primary N) is 1. The van der Waals surface area contributed by atoms with Crippen LogP contribution in [0.15, 0.2) is 42.5 Å². The Kier molecular flexibility index (Phi) is 5.63. The number of ether oxygens (including phenoxy) is 1. The Hall–Kier alpha value is -2.49. The molecule has 0 aliphatic rings. The van der Waals surface area contributed by atoms with Crippen LogP contribution in [0, 0.1) is 0 Å². The van der Waals surface area contributed by atoms with Crippen molar-refractivity contribution in [1.29, 1.82) is 0 Å². The standard InChI is InChI=1S/C19H24N2O2/c1-4-21(13-15-9-7-6-8-10-15)19-17(23-5-2)12-11-16(14(3)22)18(19)20/h6-12H,4-5,13,20H2,1-3H3. The van der Waals surface area contributed by atoms with Crippen LogP contribution in [0.4, 0.5) is 11.4 Å². The average Bonchev–Trinajstić information content (AvgIpc) is 2.54. The van der Waals surface area contributed by atoms with Crippen LogP contribution in [-0.4, -0.2) is 18.9 Å². The van der Waals surface area contributed by atoms with Gasteiger partial charge in [0.05, 0.1) is 12.3 Å². The van der Waals surface area contributed by atoms with Gasteiger partial charge >= 0.3 is 0 Å². The second-order valence-corrected chi connectivity index (χ2v) is 5.36. The zero-order chi connectivity index (χ0) is 16.8. The van der Waals surface area contributed by atoms with Gasteiger partial charge in [0.1, 0.15) is 11.4 Å². The highest BCUT2D eigenvalue weighted by atomic mass is 16.5. The van der Waals surface area contributed by atoms with E-state index < -0.39 is 0 Å². The van der Waals surface area contributed by atoms with Crippen LogP contribution < -0.4 is 15.4 Å². The van der Waals surface area contributed by atoms with E-state index in [1.165, 1.54) is 12.5 Å². The molecule has 0 aromatic heterocycles. The minimum Gasteiger partial charge on any atom is -0.492 e. The van der Waals surface area contributed by atoms with Crippen molar-refractivity contribution in [3.8, 4) is 5.75 Å². The molecule has 2 rings (SSSR count). The lowest BCUT2D eigenvalue weighted by molar-refractivity contribution is 0.101. The van der Waals surface area contributed by atoms with Crippen molar-refractivity contribution in [3.63, 3.8) is 0 Å². The van der Waals surface area contributed by atoms with Crippen LogP contribution in [-0.2, 0) is 6.54 Å². The maximum Gasteiger partial charge on any atom is 0.161 e. The van der Waals surface area contributed by atoms with E-state index >= 15 is 0 Å². The van der Waals surface area contributed by atoms with E-state index in [2.05, 4.69) is 24.0 Å². The summed E-state index contributed by atoms with van der Waals surface area (Å²) in [6, 6.07) is 13.8. The quantitative estimate of drug-likeness (QED) is 0.622. The number of rotatable bonds is 7. The number of nitrogen functional groups attached to an aromatic ring is 1. The number of benzene rings is 2. The second-order valence-electron chi connectivity index (χ2n) is 5.36. The zero-order valence-electron chi connectivity index (χ0n) is 14.0. The van der Waals surface area contributed by atoms with Crippen LogP contribution >= 0.6 is 0 Å². The Bertz CT molecular complexity index is 669. The third kappa shape index (κ3) is 3.83. The predicted molar refractivity (Wildman–Crippen MR) is 95.2 cm³/mol. The molecule has 0 aliphatic carbocycles. The highest BCUT2D eigenvalue weighted by Crippen LogP contribution is 2.38. The Morgan fingerprint density at radius 2 is 1.83 bits per heavy atom. The Labute approximate surface area is 137 Å². The van der Waals surface area contributed by atoms with Gasteiger partial charge in [0.2, 0.25) is 0 Å². The summed E-state index contributed by atoms with van der Waals surface area (Å²) in [5.41, 5.74) is 9.31. The van der Waals surface area contributed by atoms with Crippen LogP contribution in [0.1, 0.15) is 36.7 Å². The lowest BCUT2D eigenvalue weighted by Gasteiger charge is -2.28. The van der Waals surface area contributed by atoms with Gasteiger partial charge < -0.3 is 15.4 Å². The van der Waals surface area contributed by atoms with Crippen LogP contribution in [0.5, 0.6) is 5.75 Å². The molecule has 0 amide bonds. The first-order valence-corrected chi connectivity index (χ1v) is 7.93. The maximum absolute atomic E-state index is 11.8. The molecular formula is C19H24N2O2. The van der Waals surface area contributed by atoms with E-state index in [0.29, 0.717) is 30.2 Å². The number of hydrogen-bond acceptors (Lipinski definition) is 4. The van der Waals surface area contributed by atoms with E-state index in [1.807, 2.05) is 31.2 Å². The zero-order valence-corrected chi connectivity index (χ0v) is 14.0. The molecule has 0 spiro atoms. The molecule has 0 saturated heterocycles. The molecule has 2 aromatic rings. The van der Waals surface area contributed by atoms with Gasteiger partial charge in [-0.15, -0.1) is 0 Å². The molecule has 4 heteroatoms. The second kappa shape index (κ2) is 7.68. The predicted octanol–water partition coefficient (Wildman–Crippen LogP) is 3.90. The summed E-state index contributed by atoms with van der Waals surface area (Å²) < 4.78 is 5.74. The van der Waals surface area contributed by atoms with Crippen molar-refractivity contribution < 1.29 is 9.53 Å². The van der Waals surface area contributed by atoms with Crippen molar-refractivity contribution in [2.24, 2.45) is 0 Å². The van der Waals surface area contributed by atoms with Gasteiger partial charge in [0.15, 0.2) is 5.78 Å². The fraction of sp³-hybridized carbons (Fsp3) is 0.316. The SMILES string of the molecule is CCOc1ccc(C(C)=O)c(N)c1N(CC)Cc1ccccc1. The highest BCUT2D eigenvalue weighted by Gasteiger charge is 2.19. The molecule has 0 aliphatic heterocycles. The van der Waals surface area contributed by atoms with Crippen molar-refractivity contribution in [2.45, 2.75) is 27.3 Å². The van der Waals surface area contributed by atoms with E-state index in [1.54, 1.807) is 6.07 Å². The van der Waals surface area contributed by atoms with Crippen molar-refractivity contribution in [2.75, 3.05) is 23.8 Å². The molecule has 0 saturated carbocycles. The lowest BCUT2D eigenvalue weighted by Crippen LogP contribution is -2.24. The molecule has 0 heterocycles. The molecule has 0 unspecified atom stereocenters. The van der Waals surface area contributed by atoms with Crippen molar-refractivity contribution >= 4 is 17.2 Å². The molecule has 0 atom stereocenters. The van der Waals surface area contributed by atoms with E-state index in [4.69, 9.17) is 10.5 Å². The number of ketones is 1. The molecule has 2 aromatic carbocycles. The monoisotopic (exact) mass is 312 g/mol. The third-order valence-electron chi connectivity index (χ3n) is 3.77. The normalized spacial score (nSPS) is 10.4. The number of anilines is 2. The summed E-state index contributed by atoms with van der Waals surface area (Å²) in [6.45, 7) is 7.56. The van der Waals surface area contributed by atoms with Gasteiger partial charge in [0.25, 0.3) is 0 Å². The maximum atomic E-state index is 11.8. The smallest absolute Gasteiger partial charge is 0.161 e. The van der Waals surface area contributed by atoms with Gasteiger partial charge in [-0.25, -0.2) is 0 Å². The summed E-state index contributed by atoms with van der Waals surface area (Å²) in [6.07, 6.45) is 0. The minimum absolute atomic E-state index is 0.0393. The summed E-state index contributed by atoms with van der Waals surface area (Å²) in [5, 5.41) is 0. The fourth-order valence-electron chi connectivity index (χ4n) is 2.65. The average molecular weight is 312 g/mol. The van der Waals surface area contributed by atoms with Crippen molar-refractivity contribution in [1.82, 2.24) is 0 Å². The third-order valence-corrected chi connectivity index (χ3v) is 3.77. The largest absolute Gasteiger partial charge is 0.492 e. The number of nitrogens with zero attached hydrogens (tertiary/aromatic N) is 1. The Morgan fingerprint density at radius 3 is 2.39 bits per heavy atom. The van der Waals surface area contributed by atoms with Crippen LogP contribution in [0.2, 0.25) is 0 Å². The summed E-state index contributed by atoms with van der Waals surface area (Å²) in [5.74, 6) is 0.676. The first-order valence-electron chi connectivity index (χ1n) is 7.93. The number of carbonyl (C=O) groups excluding carboxylic acids is 1. The van der Waals surface area contributed by atoms with E-state index in [-0.39, 0.29) is 5.78 Å². The number of hydrogen-bond donors (Lipinski definition) is 1. The van der Waals surface area contributed by atoms with Gasteiger partial charge in [-0.05, 0) is 38.5 Å². The van der Waals surface area contributed by atoms with Crippen LogP contribution in [0.3, 0.4) is 0 Å². The summed E-state index contributed by atoms with van der Waals surface area (Å²) in [4.78, 5) is 14.0. The first-order chi connectivity index (χ1) is 11.1. The molecule has 4 nitrogen and oxygen atoms in total. The number of Topliss-reactive ketones (excluding diaryl/α,β-unsaturated/α-hetero) is 1. The Morgan fingerprint density at radius 1 is 1.13 bits per heavy atom. The van der Waals surface area contributed by atoms with Gasteiger partial charge in [-0.1, -0.05) is 30.3 Å². The summed E-state index contributed by atoms with van der Waals surface area (Å²) >= 11 is 0. The molecule has 122 valence electrons. The van der Waals surface area contributed by atoms with E-state index in [9.17, 15) is 4.79 Å². The van der Waals surface area contributed by atoms with Gasteiger partial charge in [0, 0.05) is 18.7 Å².